The van der Waals surface area contributed by atoms with Crippen LogP contribution >= 0.6 is 0 Å². The number of hydrogen-bond acceptors (Lipinski definition) is 10. The van der Waals surface area contributed by atoms with E-state index in [1.807, 2.05) is 0 Å². The lowest BCUT2D eigenvalue weighted by molar-refractivity contribution is 0.00689. The monoisotopic (exact) mass is 396 g/mol. The number of carbonyl (C=O) groups is 2. The third-order valence-corrected chi connectivity index (χ3v) is 3.61. The molecule has 10 nitrogen and oxygen atoms in total. The van der Waals surface area contributed by atoms with Crippen LogP contribution in [0, 0.1) is 0 Å². The summed E-state index contributed by atoms with van der Waals surface area (Å²) >= 11 is 0. The largest absolute Gasteiger partial charge is 0.456 e. The number of nitrogens with zero attached hydrogens (tertiary/aromatic N) is 4. The van der Waals surface area contributed by atoms with Gasteiger partial charge in [-0.15, -0.1) is 0 Å². The van der Waals surface area contributed by atoms with Crippen LogP contribution in [-0.4, -0.2) is 37.5 Å². The molecule has 0 spiro atoms. The summed E-state index contributed by atoms with van der Waals surface area (Å²) in [5, 5.41) is 0. The minimum Gasteiger partial charge on any atom is -0.456 e. The molecule has 10 heteroatoms. The molecular formula is C19H20N6O4. The molecular weight excluding hydrogens is 376 g/mol. The molecule has 0 unspecified atom stereocenters. The first kappa shape index (κ1) is 19.9. The predicted molar refractivity (Wildman–Crippen MR) is 105 cm³/mol. The molecule has 0 saturated carbocycles. The molecule has 2 heterocycles. The summed E-state index contributed by atoms with van der Waals surface area (Å²) in [6, 6.07) is 5.98. The van der Waals surface area contributed by atoms with E-state index in [9.17, 15) is 9.59 Å². The smallest absolute Gasteiger partial charge is 0.338 e. The van der Waals surface area contributed by atoms with E-state index in [-0.39, 0.29) is 35.1 Å². The van der Waals surface area contributed by atoms with Crippen LogP contribution in [0.4, 0.5) is 11.8 Å². The number of esters is 2. The Balaban J connectivity index is 1.66. The number of benzene rings is 1. The summed E-state index contributed by atoms with van der Waals surface area (Å²) in [6.07, 6.45) is 1.41. The van der Waals surface area contributed by atoms with Gasteiger partial charge in [0.2, 0.25) is 5.95 Å². The first-order valence-electron chi connectivity index (χ1n) is 8.67. The number of rotatable bonds is 4. The van der Waals surface area contributed by atoms with E-state index >= 15 is 0 Å². The standard InChI is InChI=1S/C19H20N6O4/c1-19(2,3)29-17(27)11-6-4-10(5-7-11)16(26)28-9-12-8-22-15-13(23-12)14(20)24-18(21)25-15/h4-8H,9H2,1-3H3,(H4,20,21,22,24,25). The summed E-state index contributed by atoms with van der Waals surface area (Å²) in [5.74, 6) is -0.960. The summed E-state index contributed by atoms with van der Waals surface area (Å²) < 4.78 is 10.5. The van der Waals surface area contributed by atoms with Gasteiger partial charge < -0.3 is 20.9 Å². The molecule has 0 aliphatic rings. The van der Waals surface area contributed by atoms with Gasteiger partial charge in [0.1, 0.15) is 12.2 Å². The van der Waals surface area contributed by atoms with Crippen LogP contribution in [0.2, 0.25) is 0 Å². The molecule has 2 aromatic heterocycles. The molecule has 0 fully saturated rings. The van der Waals surface area contributed by atoms with Crippen LogP contribution in [-0.2, 0) is 16.1 Å². The fourth-order valence-corrected chi connectivity index (χ4v) is 2.35. The van der Waals surface area contributed by atoms with Crippen LogP contribution < -0.4 is 11.5 Å². The quantitative estimate of drug-likeness (QED) is 0.624. The molecule has 0 amide bonds. The lowest BCUT2D eigenvalue weighted by Crippen LogP contribution is -2.23. The molecule has 3 aromatic rings. The minimum atomic E-state index is -0.601. The molecule has 0 saturated heterocycles. The van der Waals surface area contributed by atoms with Crippen LogP contribution in [0.3, 0.4) is 0 Å². The van der Waals surface area contributed by atoms with Crippen molar-refractivity contribution in [1.82, 2.24) is 19.9 Å². The third-order valence-electron chi connectivity index (χ3n) is 3.61. The molecule has 150 valence electrons. The summed E-state index contributed by atoms with van der Waals surface area (Å²) in [5.41, 5.74) is 12.2. The molecule has 3 rings (SSSR count). The van der Waals surface area contributed by atoms with Crippen LogP contribution in [0.25, 0.3) is 11.2 Å². The number of ether oxygens (including phenoxy) is 2. The molecule has 29 heavy (non-hydrogen) atoms. The Morgan fingerprint density at radius 3 is 2.21 bits per heavy atom. The van der Waals surface area contributed by atoms with E-state index in [0.717, 1.165) is 0 Å². The maximum atomic E-state index is 12.3. The third kappa shape index (κ3) is 4.92. The van der Waals surface area contributed by atoms with Gasteiger partial charge in [0.25, 0.3) is 0 Å². The van der Waals surface area contributed by atoms with Gasteiger partial charge in [-0.25, -0.2) is 19.6 Å². The van der Waals surface area contributed by atoms with Crippen molar-refractivity contribution in [3.8, 4) is 0 Å². The maximum absolute atomic E-state index is 12.3. The molecule has 0 radical (unpaired) electrons. The Kier molecular flexibility index (Phi) is 5.26. The predicted octanol–water partition coefficient (Wildman–Crippen LogP) is 1.90. The average molecular weight is 396 g/mol. The Labute approximate surface area is 166 Å². The van der Waals surface area contributed by atoms with Gasteiger partial charge >= 0.3 is 11.9 Å². The normalized spacial score (nSPS) is 11.3. The molecule has 0 bridgehead atoms. The number of fused-ring (bicyclic) bond motifs is 1. The van der Waals surface area contributed by atoms with Crippen molar-refractivity contribution in [1.29, 1.82) is 0 Å². The number of hydrogen-bond donors (Lipinski definition) is 2. The average Bonchev–Trinajstić information content (AvgIpc) is 2.65. The van der Waals surface area contributed by atoms with Crippen molar-refractivity contribution in [2.24, 2.45) is 0 Å². The Hall–Kier alpha value is -3.82. The fraction of sp³-hybridized carbons (Fsp3) is 0.263. The number of nitrogen functional groups attached to an aromatic ring is 2. The van der Waals surface area contributed by atoms with Crippen molar-refractivity contribution in [3.05, 3.63) is 47.3 Å². The van der Waals surface area contributed by atoms with Gasteiger partial charge in [-0.1, -0.05) is 0 Å². The van der Waals surface area contributed by atoms with Crippen molar-refractivity contribution < 1.29 is 19.1 Å². The second-order valence-corrected chi connectivity index (χ2v) is 7.16. The zero-order chi connectivity index (χ0) is 21.2. The van der Waals surface area contributed by atoms with E-state index in [4.69, 9.17) is 20.9 Å². The second kappa shape index (κ2) is 7.66. The van der Waals surface area contributed by atoms with E-state index in [1.54, 1.807) is 20.8 Å². The highest BCUT2D eigenvalue weighted by molar-refractivity contribution is 5.93. The number of anilines is 2. The van der Waals surface area contributed by atoms with Gasteiger partial charge in [-0.2, -0.15) is 9.97 Å². The topological polar surface area (TPSA) is 156 Å². The Bertz CT molecular complexity index is 1080. The van der Waals surface area contributed by atoms with Crippen molar-refractivity contribution in [2.45, 2.75) is 33.0 Å². The van der Waals surface area contributed by atoms with E-state index < -0.39 is 17.5 Å². The minimum absolute atomic E-state index is 0.00157. The lowest BCUT2D eigenvalue weighted by Gasteiger charge is -2.19. The SMILES string of the molecule is CC(C)(C)OC(=O)c1ccc(C(=O)OCc2cnc3nc(N)nc(N)c3n2)cc1. The lowest BCUT2D eigenvalue weighted by atomic mass is 10.1. The molecule has 0 aliphatic heterocycles. The van der Waals surface area contributed by atoms with E-state index in [2.05, 4.69) is 19.9 Å². The van der Waals surface area contributed by atoms with E-state index in [1.165, 1.54) is 30.5 Å². The summed E-state index contributed by atoms with van der Waals surface area (Å²) in [7, 11) is 0. The van der Waals surface area contributed by atoms with Gasteiger partial charge in [0.15, 0.2) is 17.0 Å². The van der Waals surface area contributed by atoms with Crippen LogP contribution in [0.15, 0.2) is 30.5 Å². The van der Waals surface area contributed by atoms with Gasteiger partial charge in [0.05, 0.1) is 23.0 Å². The van der Waals surface area contributed by atoms with Crippen LogP contribution in [0.5, 0.6) is 0 Å². The summed E-state index contributed by atoms with van der Waals surface area (Å²) in [4.78, 5) is 40.4. The highest BCUT2D eigenvalue weighted by Gasteiger charge is 2.18. The number of aromatic nitrogens is 4. The zero-order valence-corrected chi connectivity index (χ0v) is 16.2. The van der Waals surface area contributed by atoms with E-state index in [0.29, 0.717) is 11.3 Å². The highest BCUT2D eigenvalue weighted by atomic mass is 16.6. The molecule has 1 aromatic carbocycles. The molecule has 4 N–H and O–H groups in total. The fourth-order valence-electron chi connectivity index (χ4n) is 2.35. The van der Waals surface area contributed by atoms with Crippen molar-refractivity contribution >= 4 is 34.9 Å². The maximum Gasteiger partial charge on any atom is 0.338 e. The van der Waals surface area contributed by atoms with Crippen molar-refractivity contribution in [2.75, 3.05) is 11.5 Å². The van der Waals surface area contributed by atoms with Gasteiger partial charge in [-0.3, -0.25) is 0 Å². The van der Waals surface area contributed by atoms with Gasteiger partial charge in [0, 0.05) is 0 Å². The van der Waals surface area contributed by atoms with Gasteiger partial charge in [-0.05, 0) is 45.0 Å². The second-order valence-electron chi connectivity index (χ2n) is 7.16. The Morgan fingerprint density at radius 2 is 1.59 bits per heavy atom. The van der Waals surface area contributed by atoms with Crippen LogP contribution in [0.1, 0.15) is 47.2 Å². The number of nitrogens with two attached hydrogens (primary N) is 2. The van der Waals surface area contributed by atoms with Crippen molar-refractivity contribution in [3.63, 3.8) is 0 Å². The highest BCUT2D eigenvalue weighted by Crippen LogP contribution is 2.16. The first-order valence-corrected chi connectivity index (χ1v) is 8.67. The zero-order valence-electron chi connectivity index (χ0n) is 16.2. The Morgan fingerprint density at radius 1 is 0.966 bits per heavy atom. The first-order chi connectivity index (χ1) is 13.6. The number of carbonyl (C=O) groups excluding carboxylic acids is 2. The molecule has 0 atom stereocenters. The molecule has 0 aliphatic carbocycles. The summed E-state index contributed by atoms with van der Waals surface area (Å²) in [6.45, 7) is 5.21.